The van der Waals surface area contributed by atoms with Gasteiger partial charge < -0.3 is 76.2 Å². The van der Waals surface area contributed by atoms with E-state index in [4.69, 9.17) is 54.6 Å². The molecule has 1 unspecified atom stereocenters. The first kappa shape index (κ1) is 64.8. The van der Waals surface area contributed by atoms with Gasteiger partial charge in [-0.15, -0.1) is 0 Å². The topological polar surface area (TPSA) is 354 Å². The number of methoxy groups -OCH3 is 1. The van der Waals surface area contributed by atoms with Crippen molar-refractivity contribution >= 4 is 58.3 Å². The van der Waals surface area contributed by atoms with E-state index in [1.165, 1.54) is 12.2 Å². The number of nitrogens with one attached hydrogen (secondary N) is 6. The number of aromatic amines is 1. The van der Waals surface area contributed by atoms with Gasteiger partial charge in [-0.05, 0) is 79.6 Å². The lowest BCUT2D eigenvalue weighted by atomic mass is 10.0. The number of imide groups is 1. The number of fused-ring (bicyclic) bond motifs is 1. The van der Waals surface area contributed by atoms with Crippen LogP contribution in [0.3, 0.4) is 0 Å². The maximum absolute atomic E-state index is 13.6. The third kappa shape index (κ3) is 21.7. The highest BCUT2D eigenvalue weighted by molar-refractivity contribution is 6.12. The number of aromatic nitrogens is 4. The molecule has 0 aliphatic carbocycles. The lowest BCUT2D eigenvalue weighted by Crippen LogP contribution is -2.54. The maximum Gasteiger partial charge on any atom is 0.407 e. The van der Waals surface area contributed by atoms with E-state index in [1.54, 1.807) is 51.4 Å². The summed E-state index contributed by atoms with van der Waals surface area (Å²) >= 11 is 0. The van der Waals surface area contributed by atoms with Gasteiger partial charge in [0.15, 0.2) is 0 Å². The molecular weight excluding hydrogens is 1090 g/mol. The smallest absolute Gasteiger partial charge is 0.407 e. The summed E-state index contributed by atoms with van der Waals surface area (Å²) in [5, 5.41) is 14.4. The Kier molecular flexibility index (Phi) is 26.9. The fourth-order valence-corrected chi connectivity index (χ4v) is 8.38. The number of nitrogens with zero attached hydrogens (tertiary/aromatic N) is 4. The molecule has 2 atom stereocenters. The zero-order valence-corrected chi connectivity index (χ0v) is 47.6. The molecule has 0 saturated heterocycles. The van der Waals surface area contributed by atoms with E-state index in [2.05, 4.69) is 36.6 Å². The Labute approximate surface area is 486 Å². The molecule has 0 fully saturated rings. The molecule has 1 aliphatic rings. The second-order valence-corrected chi connectivity index (χ2v) is 19.5. The molecule has 1 aliphatic heterocycles. The highest BCUT2D eigenvalue weighted by atomic mass is 16.6. The van der Waals surface area contributed by atoms with Crippen molar-refractivity contribution in [2.24, 2.45) is 17.4 Å². The van der Waals surface area contributed by atoms with E-state index in [-0.39, 0.29) is 89.8 Å². The number of urea groups is 1. The maximum atomic E-state index is 13.6. The van der Waals surface area contributed by atoms with Crippen LogP contribution in [0.4, 0.5) is 15.3 Å². The average molecular weight is 1170 g/mol. The summed E-state index contributed by atoms with van der Waals surface area (Å²) in [5.41, 5.74) is 16.9. The monoisotopic (exact) mass is 1160 g/mol. The molecule has 5 aromatic rings. The number of rotatable bonds is 38. The zero-order valence-electron chi connectivity index (χ0n) is 47.6. The van der Waals surface area contributed by atoms with Crippen LogP contribution < -0.4 is 42.8 Å². The van der Waals surface area contributed by atoms with Crippen LogP contribution in [0, 0.1) is 5.92 Å². The van der Waals surface area contributed by atoms with Crippen molar-refractivity contribution in [2.45, 2.75) is 77.8 Å². The molecule has 3 aromatic heterocycles. The summed E-state index contributed by atoms with van der Waals surface area (Å²) in [6.45, 7) is 7.15. The lowest BCUT2D eigenvalue weighted by molar-refractivity contribution is -0.137. The van der Waals surface area contributed by atoms with E-state index >= 15 is 0 Å². The van der Waals surface area contributed by atoms with Crippen LogP contribution in [0.5, 0.6) is 5.75 Å². The third-order valence-electron chi connectivity index (χ3n) is 12.7. The van der Waals surface area contributed by atoms with Gasteiger partial charge in [-0.3, -0.25) is 33.9 Å². The number of benzene rings is 2. The number of unbranched alkanes of at least 4 members (excludes halogenated alkanes) is 1. The number of ether oxygens (including phenoxy) is 7. The normalized spacial score (nSPS) is 12.8. The summed E-state index contributed by atoms with van der Waals surface area (Å²) in [5.74, 6) is -1.37. The van der Waals surface area contributed by atoms with Crippen molar-refractivity contribution in [3.63, 3.8) is 0 Å². The highest BCUT2D eigenvalue weighted by Crippen LogP contribution is 2.32. The van der Waals surface area contributed by atoms with Crippen molar-refractivity contribution in [3.8, 4) is 28.4 Å². The van der Waals surface area contributed by atoms with E-state index in [1.807, 2.05) is 42.5 Å². The van der Waals surface area contributed by atoms with Crippen LogP contribution in [0.25, 0.3) is 33.5 Å². The van der Waals surface area contributed by atoms with Gasteiger partial charge in [-0.25, -0.2) is 19.6 Å². The standard InChI is InChI=1S/C58H76N12O14/c1-38(2)52(69-49(71)19-24-79-26-28-81-30-31-82-29-27-80-25-22-70-50(72)17-18-51(70)73)56(75)66-47(10-7-21-61-57(60)76)55(74)65-42-14-11-39(12-15-42)36-84-58(77)62-20-4-5-23-83-44-33-41-32-40(13-16-45(41)63-35-44)53-54(68-48(34-59)67-53)46-9-6-8-43(64-46)37-78-3/h6,8-9,11-18,32-33,35,38,47,52H,4-5,7,10,19-31,34,36-37,59H2,1-3H3,(H,62,77)(H,65,74)(H,66,75)(H,67,68)(H,69,71)(H3,60,61,76)/t47?,52-/m0/s1. The molecule has 452 valence electrons. The summed E-state index contributed by atoms with van der Waals surface area (Å²) in [4.78, 5) is 106. The number of amides is 8. The Balaban J connectivity index is 0.856. The predicted octanol–water partition coefficient (Wildman–Crippen LogP) is 3.77. The second-order valence-electron chi connectivity index (χ2n) is 19.5. The van der Waals surface area contributed by atoms with Crippen LogP contribution in [0.15, 0.2) is 85.1 Å². The summed E-state index contributed by atoms with van der Waals surface area (Å²) in [6.07, 6.45) is 5.19. The number of hydrogen-bond donors (Lipinski definition) is 8. The second kappa shape index (κ2) is 34.9. The number of hydrogen-bond acceptors (Lipinski definition) is 18. The molecule has 84 heavy (non-hydrogen) atoms. The molecular formula is C58H76N12O14. The van der Waals surface area contributed by atoms with Gasteiger partial charge in [0.2, 0.25) is 17.7 Å². The van der Waals surface area contributed by atoms with E-state index in [0.717, 1.165) is 32.8 Å². The van der Waals surface area contributed by atoms with Gasteiger partial charge >= 0.3 is 12.1 Å². The van der Waals surface area contributed by atoms with Crippen molar-refractivity contribution in [1.82, 2.24) is 46.1 Å². The number of carbonyl (C=O) groups is 7. The van der Waals surface area contributed by atoms with Crippen molar-refractivity contribution in [1.29, 1.82) is 0 Å². The molecule has 4 heterocycles. The van der Waals surface area contributed by atoms with Crippen LogP contribution in [-0.2, 0) is 72.2 Å². The molecule has 0 spiro atoms. The van der Waals surface area contributed by atoms with Gasteiger partial charge in [0.1, 0.15) is 36.0 Å². The molecule has 26 nitrogen and oxygen atoms in total. The van der Waals surface area contributed by atoms with Crippen LogP contribution >= 0.6 is 0 Å². The Bertz CT molecular complexity index is 2970. The number of primary amides is 1. The van der Waals surface area contributed by atoms with Crippen LogP contribution in [-0.4, -0.2) is 165 Å². The van der Waals surface area contributed by atoms with E-state index in [0.29, 0.717) is 93.1 Å². The van der Waals surface area contributed by atoms with Gasteiger partial charge in [0.25, 0.3) is 11.8 Å². The zero-order chi connectivity index (χ0) is 60.1. The van der Waals surface area contributed by atoms with E-state index in [9.17, 15) is 33.6 Å². The van der Waals surface area contributed by atoms with Crippen molar-refractivity contribution < 1.29 is 66.7 Å². The SMILES string of the molecule is COCc1cccc(-c2nc(CN)[nH]c2-c2ccc3ncc(OCCCCNC(=O)OCc4ccc(NC(=O)C(CCCNC(N)=O)NC(=O)[C@@H](NC(=O)CCOCCOCCOCCOCCN5C(=O)C=CC5=O)C(C)C)cc4)cc3c2)n1. The molecule has 26 heteroatoms. The summed E-state index contributed by atoms with van der Waals surface area (Å²) in [6, 6.07) is 17.4. The Morgan fingerprint density at radius 1 is 0.738 bits per heavy atom. The third-order valence-corrected chi connectivity index (χ3v) is 12.7. The molecule has 6 rings (SSSR count). The first-order valence-corrected chi connectivity index (χ1v) is 27.8. The lowest BCUT2D eigenvalue weighted by Gasteiger charge is -2.25. The molecule has 0 bridgehead atoms. The quantitative estimate of drug-likeness (QED) is 0.0206. The molecule has 8 amide bonds. The minimum atomic E-state index is -1.05. The Morgan fingerprint density at radius 2 is 1.44 bits per heavy atom. The number of anilines is 1. The minimum Gasteiger partial charge on any atom is -0.492 e. The summed E-state index contributed by atoms with van der Waals surface area (Å²) in [7, 11) is 1.62. The fraction of sp³-hybridized carbons (Fsp3) is 0.448. The molecule has 10 N–H and O–H groups in total. The van der Waals surface area contributed by atoms with Crippen LogP contribution in [0.1, 0.15) is 63.0 Å². The molecule has 0 radical (unpaired) electrons. The van der Waals surface area contributed by atoms with Crippen LogP contribution in [0.2, 0.25) is 0 Å². The average Bonchev–Trinajstić information content (AvgIpc) is 3.94. The van der Waals surface area contributed by atoms with Gasteiger partial charge in [-0.2, -0.15) is 0 Å². The summed E-state index contributed by atoms with van der Waals surface area (Å²) < 4.78 is 38.6. The van der Waals surface area contributed by atoms with Crippen molar-refractivity contribution in [2.75, 3.05) is 91.5 Å². The first-order chi connectivity index (χ1) is 40.7. The van der Waals surface area contributed by atoms with Gasteiger partial charge in [-0.1, -0.05) is 38.1 Å². The molecule has 2 aromatic carbocycles. The Morgan fingerprint density at radius 3 is 2.13 bits per heavy atom. The number of H-pyrrole nitrogens is 1. The van der Waals surface area contributed by atoms with E-state index < -0.39 is 41.9 Å². The largest absolute Gasteiger partial charge is 0.492 e. The number of carbonyl (C=O) groups excluding carboxylic acids is 7. The Hall–Kier alpha value is -8.40. The van der Waals surface area contributed by atoms with Gasteiger partial charge in [0, 0.05) is 55.4 Å². The predicted molar refractivity (Wildman–Crippen MR) is 308 cm³/mol. The number of alkyl carbamates (subject to hydrolysis) is 1. The van der Waals surface area contributed by atoms with Crippen molar-refractivity contribution in [3.05, 3.63) is 102 Å². The number of pyridine rings is 2. The first-order valence-electron chi connectivity index (χ1n) is 27.8. The molecule has 0 saturated carbocycles. The minimum absolute atomic E-state index is 0.0321. The number of nitrogens with two attached hydrogens (primary N) is 2. The highest BCUT2D eigenvalue weighted by Gasteiger charge is 2.29. The fourth-order valence-electron chi connectivity index (χ4n) is 8.38. The van der Waals surface area contributed by atoms with Gasteiger partial charge in [0.05, 0.1) is 108 Å². The number of imidazole rings is 1.